The Morgan fingerprint density at radius 1 is 1.18 bits per heavy atom. The van der Waals surface area contributed by atoms with Crippen LogP contribution in [0.3, 0.4) is 0 Å². The fourth-order valence-corrected chi connectivity index (χ4v) is 4.91. The number of aromatic nitrogens is 1. The van der Waals surface area contributed by atoms with Gasteiger partial charge in [-0.05, 0) is 18.9 Å². The summed E-state index contributed by atoms with van der Waals surface area (Å²) in [6.45, 7) is 0. The lowest BCUT2D eigenvalue weighted by Gasteiger charge is -2.24. The number of nitrogens with zero attached hydrogens (tertiary/aromatic N) is 1. The van der Waals surface area contributed by atoms with Gasteiger partial charge in [-0.1, -0.05) is 18.2 Å². The molecule has 3 heterocycles. The van der Waals surface area contributed by atoms with Crippen molar-refractivity contribution in [3.8, 4) is 0 Å². The van der Waals surface area contributed by atoms with Crippen molar-refractivity contribution in [3.05, 3.63) is 45.2 Å². The first kappa shape index (κ1) is 12.6. The molecule has 1 atom stereocenters. The second-order valence-electron chi connectivity index (χ2n) is 5.74. The number of fused-ring (bicyclic) bond motifs is 3. The van der Waals surface area contributed by atoms with Crippen molar-refractivity contribution >= 4 is 44.4 Å². The summed E-state index contributed by atoms with van der Waals surface area (Å²) in [6, 6.07) is 8.12. The molecule has 0 saturated heterocycles. The van der Waals surface area contributed by atoms with Gasteiger partial charge in [0.15, 0.2) is 0 Å². The Labute approximate surface area is 135 Å². The van der Waals surface area contributed by atoms with E-state index >= 15 is 0 Å². The lowest BCUT2D eigenvalue weighted by Crippen LogP contribution is -2.37. The van der Waals surface area contributed by atoms with Crippen LogP contribution in [0.15, 0.2) is 29.6 Å². The Kier molecular flexibility index (Phi) is 2.60. The van der Waals surface area contributed by atoms with Crippen molar-refractivity contribution in [2.24, 2.45) is 0 Å². The number of anilines is 1. The third-order valence-electron chi connectivity index (χ3n) is 4.13. The molecule has 110 valence electrons. The number of carbonyl (C=O) groups is 1. The Bertz CT molecular complexity index is 894. The van der Waals surface area contributed by atoms with Crippen molar-refractivity contribution in [2.75, 3.05) is 5.32 Å². The molecular weight excluding hydrogens is 314 g/mol. The van der Waals surface area contributed by atoms with E-state index in [4.69, 9.17) is 4.98 Å². The van der Waals surface area contributed by atoms with Gasteiger partial charge in [-0.15, -0.1) is 22.7 Å². The fourth-order valence-electron chi connectivity index (χ4n) is 2.82. The lowest BCUT2D eigenvalue weighted by atomic mass is 10.1. The number of benzene rings is 1. The van der Waals surface area contributed by atoms with E-state index in [1.165, 1.54) is 29.2 Å². The van der Waals surface area contributed by atoms with Gasteiger partial charge in [0.25, 0.3) is 5.91 Å². The van der Waals surface area contributed by atoms with Gasteiger partial charge >= 0.3 is 0 Å². The van der Waals surface area contributed by atoms with Crippen LogP contribution in [0.2, 0.25) is 0 Å². The van der Waals surface area contributed by atoms with E-state index in [1.54, 1.807) is 11.3 Å². The predicted octanol–water partition coefficient (Wildman–Crippen LogP) is 4.09. The first-order valence-electron chi connectivity index (χ1n) is 7.34. The maximum Gasteiger partial charge on any atom is 0.265 e. The van der Waals surface area contributed by atoms with Crippen LogP contribution in [0.25, 0.3) is 10.1 Å². The van der Waals surface area contributed by atoms with Crippen molar-refractivity contribution in [1.82, 2.24) is 10.3 Å². The number of thiazole rings is 1. The molecule has 1 amide bonds. The SMILES string of the molecule is O=C1N[C@@H](c2csc(C3CC3)n2)Nc2c1sc1ccccc21. The minimum atomic E-state index is -0.234. The Morgan fingerprint density at radius 2 is 2.05 bits per heavy atom. The number of thiophene rings is 1. The summed E-state index contributed by atoms with van der Waals surface area (Å²) in [5.74, 6) is 0.636. The highest BCUT2D eigenvalue weighted by Gasteiger charge is 2.32. The highest BCUT2D eigenvalue weighted by atomic mass is 32.1. The van der Waals surface area contributed by atoms with Gasteiger partial charge in [-0.25, -0.2) is 4.98 Å². The summed E-state index contributed by atoms with van der Waals surface area (Å²) in [4.78, 5) is 17.9. The van der Waals surface area contributed by atoms with E-state index < -0.39 is 0 Å². The second kappa shape index (κ2) is 4.54. The van der Waals surface area contributed by atoms with E-state index in [0.29, 0.717) is 5.92 Å². The molecule has 6 heteroatoms. The Morgan fingerprint density at radius 3 is 2.91 bits per heavy atom. The molecule has 1 aliphatic carbocycles. The minimum Gasteiger partial charge on any atom is -0.358 e. The van der Waals surface area contributed by atoms with E-state index in [0.717, 1.165) is 26.3 Å². The number of hydrogen-bond donors (Lipinski definition) is 2. The predicted molar refractivity (Wildman–Crippen MR) is 89.7 cm³/mol. The topological polar surface area (TPSA) is 54.0 Å². The van der Waals surface area contributed by atoms with E-state index in [2.05, 4.69) is 28.1 Å². The number of carbonyl (C=O) groups excluding carboxylic acids is 1. The van der Waals surface area contributed by atoms with Gasteiger partial charge in [0, 0.05) is 21.4 Å². The molecule has 0 unspecified atom stereocenters. The molecule has 1 saturated carbocycles. The van der Waals surface area contributed by atoms with Crippen molar-refractivity contribution in [1.29, 1.82) is 0 Å². The molecule has 5 rings (SSSR count). The normalized spacial score (nSPS) is 20.5. The molecule has 22 heavy (non-hydrogen) atoms. The molecule has 2 aromatic heterocycles. The molecule has 1 aliphatic heterocycles. The van der Waals surface area contributed by atoms with Crippen LogP contribution in [0.1, 0.15) is 45.3 Å². The maximum absolute atomic E-state index is 12.4. The van der Waals surface area contributed by atoms with Crippen LogP contribution in [-0.2, 0) is 0 Å². The average Bonchev–Trinajstić information content (AvgIpc) is 3.14. The molecule has 2 N–H and O–H groups in total. The fraction of sp³-hybridized carbons (Fsp3) is 0.250. The molecule has 2 aliphatic rings. The molecule has 4 nitrogen and oxygen atoms in total. The molecule has 3 aromatic rings. The highest BCUT2D eigenvalue weighted by Crippen LogP contribution is 2.43. The van der Waals surface area contributed by atoms with Gasteiger partial charge in [0.2, 0.25) is 0 Å². The number of rotatable bonds is 2. The largest absolute Gasteiger partial charge is 0.358 e. The van der Waals surface area contributed by atoms with Crippen LogP contribution in [0.5, 0.6) is 0 Å². The highest BCUT2D eigenvalue weighted by molar-refractivity contribution is 7.21. The van der Waals surface area contributed by atoms with E-state index in [9.17, 15) is 4.79 Å². The van der Waals surface area contributed by atoms with E-state index in [1.807, 2.05) is 12.1 Å². The summed E-state index contributed by atoms with van der Waals surface area (Å²) in [6.07, 6.45) is 2.26. The summed E-state index contributed by atoms with van der Waals surface area (Å²) in [7, 11) is 0. The summed E-state index contributed by atoms with van der Waals surface area (Å²) in [5, 5.41) is 10.9. The third kappa shape index (κ3) is 1.87. The first-order valence-corrected chi connectivity index (χ1v) is 9.03. The zero-order valence-electron chi connectivity index (χ0n) is 11.6. The van der Waals surface area contributed by atoms with E-state index in [-0.39, 0.29) is 12.1 Å². The Hall–Kier alpha value is -1.92. The quantitative estimate of drug-likeness (QED) is 0.745. The zero-order chi connectivity index (χ0) is 14.7. The number of nitrogens with one attached hydrogen (secondary N) is 2. The van der Waals surface area contributed by atoms with Gasteiger partial charge in [0.05, 0.1) is 16.4 Å². The molecule has 0 radical (unpaired) electrons. The zero-order valence-corrected chi connectivity index (χ0v) is 13.3. The second-order valence-corrected chi connectivity index (χ2v) is 7.68. The summed E-state index contributed by atoms with van der Waals surface area (Å²) < 4.78 is 1.13. The van der Waals surface area contributed by atoms with Crippen molar-refractivity contribution in [3.63, 3.8) is 0 Å². The summed E-state index contributed by atoms with van der Waals surface area (Å²) >= 11 is 3.24. The van der Waals surface area contributed by atoms with Gasteiger partial charge in [-0.2, -0.15) is 0 Å². The molecule has 0 bridgehead atoms. The smallest absolute Gasteiger partial charge is 0.265 e. The first-order chi connectivity index (χ1) is 10.8. The Balaban J connectivity index is 1.56. The monoisotopic (exact) mass is 327 g/mol. The van der Waals surface area contributed by atoms with Crippen LogP contribution in [0.4, 0.5) is 5.69 Å². The molecular formula is C16H13N3OS2. The average molecular weight is 327 g/mol. The van der Waals surface area contributed by atoms with Crippen LogP contribution in [-0.4, -0.2) is 10.9 Å². The van der Waals surface area contributed by atoms with Crippen molar-refractivity contribution < 1.29 is 4.79 Å². The van der Waals surface area contributed by atoms with Gasteiger partial charge in [0.1, 0.15) is 11.0 Å². The van der Waals surface area contributed by atoms with Gasteiger partial charge < -0.3 is 10.6 Å². The molecule has 1 fully saturated rings. The standard InChI is InChI=1S/C16H13N3OS2/c20-15-13-12(9-3-1-2-4-11(9)22-13)18-14(19-15)10-7-21-16(17-10)8-5-6-8/h1-4,7-8,14,18H,5-6H2,(H,19,20)/t14-/m0/s1. The van der Waals surface area contributed by atoms with Crippen LogP contribution in [0, 0.1) is 0 Å². The maximum atomic E-state index is 12.4. The van der Waals surface area contributed by atoms with Gasteiger partial charge in [-0.3, -0.25) is 4.79 Å². The van der Waals surface area contributed by atoms with Crippen molar-refractivity contribution in [2.45, 2.75) is 24.9 Å². The minimum absolute atomic E-state index is 0.0130. The lowest BCUT2D eigenvalue weighted by molar-refractivity contribution is 0.0939. The molecule has 0 spiro atoms. The number of hydrogen-bond acceptors (Lipinski definition) is 5. The number of amides is 1. The van der Waals surface area contributed by atoms with Crippen LogP contribution < -0.4 is 10.6 Å². The summed E-state index contributed by atoms with van der Waals surface area (Å²) in [5.41, 5.74) is 1.86. The van der Waals surface area contributed by atoms with Crippen LogP contribution >= 0.6 is 22.7 Å². The third-order valence-corrected chi connectivity index (χ3v) is 6.32. The molecule has 1 aromatic carbocycles.